The van der Waals surface area contributed by atoms with E-state index in [0.29, 0.717) is 12.8 Å². The van der Waals surface area contributed by atoms with Gasteiger partial charge in [-0.1, -0.05) is 6.07 Å². The quantitative estimate of drug-likeness (QED) is 0.637. The molecule has 1 amide bonds. The highest BCUT2D eigenvalue weighted by Crippen LogP contribution is 2.44. The van der Waals surface area contributed by atoms with Gasteiger partial charge in [0, 0.05) is 37.5 Å². The van der Waals surface area contributed by atoms with Crippen LogP contribution >= 0.6 is 11.3 Å². The van der Waals surface area contributed by atoms with Gasteiger partial charge in [-0.05, 0) is 61.7 Å². The Hall–Kier alpha value is -2.47. The molecule has 1 fully saturated rings. The lowest BCUT2D eigenvalue weighted by Gasteiger charge is -2.40. The van der Waals surface area contributed by atoms with Gasteiger partial charge in [-0.2, -0.15) is 0 Å². The Morgan fingerprint density at radius 2 is 2.24 bits per heavy atom. The Labute approximate surface area is 174 Å². The van der Waals surface area contributed by atoms with Crippen LogP contribution in [0.2, 0.25) is 0 Å². The Morgan fingerprint density at radius 3 is 3.10 bits per heavy atom. The zero-order valence-electron chi connectivity index (χ0n) is 16.7. The number of carbonyl (C=O) groups excluding carboxylic acids is 1. The Balaban J connectivity index is 1.25. The smallest absolute Gasteiger partial charge is 0.223 e. The minimum Gasteiger partial charge on any atom is -0.460 e. The molecule has 0 N–H and O–H groups in total. The van der Waals surface area contributed by atoms with Crippen LogP contribution in [0.15, 0.2) is 40.3 Å². The van der Waals surface area contributed by atoms with E-state index in [0.717, 1.165) is 61.0 Å². The first-order chi connectivity index (χ1) is 14.1. The van der Waals surface area contributed by atoms with Gasteiger partial charge in [-0.15, -0.1) is 11.3 Å². The molecule has 3 aromatic rings. The number of hydrogen-bond acceptors (Lipinski definition) is 5. The number of aromatic nitrogens is 2. The number of rotatable bonds is 4. The van der Waals surface area contributed by atoms with Crippen LogP contribution in [-0.2, 0) is 23.1 Å². The second kappa shape index (κ2) is 7.41. The second-order valence-corrected chi connectivity index (χ2v) is 9.18. The molecule has 2 aliphatic rings. The zero-order valence-corrected chi connectivity index (χ0v) is 17.5. The fourth-order valence-corrected chi connectivity index (χ4v) is 5.51. The second-order valence-electron chi connectivity index (χ2n) is 8.23. The van der Waals surface area contributed by atoms with E-state index < -0.39 is 0 Å². The van der Waals surface area contributed by atoms with E-state index in [1.165, 1.54) is 11.3 Å². The zero-order chi connectivity index (χ0) is 19.8. The number of thiophene rings is 1. The molecule has 1 atom stereocenters. The van der Waals surface area contributed by atoms with Crippen LogP contribution in [-0.4, -0.2) is 33.9 Å². The fraction of sp³-hybridized carbons (Fsp3) is 0.435. The van der Waals surface area contributed by atoms with Crippen molar-refractivity contribution in [2.24, 2.45) is 0 Å². The third-order valence-corrected chi connectivity index (χ3v) is 7.19. The lowest BCUT2D eigenvalue weighted by molar-refractivity contribution is -0.133. The number of fused-ring (bicyclic) bond motifs is 2. The number of aryl methyl sites for hydroxylation is 3. The molecule has 3 aromatic heterocycles. The molecule has 1 saturated heterocycles. The maximum Gasteiger partial charge on any atom is 0.223 e. The third-order valence-electron chi connectivity index (χ3n) is 6.30. The van der Waals surface area contributed by atoms with Crippen molar-refractivity contribution in [2.75, 3.05) is 13.1 Å². The summed E-state index contributed by atoms with van der Waals surface area (Å²) in [6, 6.07) is 8.06. The van der Waals surface area contributed by atoms with Crippen LogP contribution in [0.3, 0.4) is 0 Å². The Kier molecular flexibility index (Phi) is 4.74. The summed E-state index contributed by atoms with van der Waals surface area (Å²) < 4.78 is 5.94. The molecule has 5 nitrogen and oxygen atoms in total. The number of furan rings is 1. The summed E-state index contributed by atoms with van der Waals surface area (Å²) in [4.78, 5) is 25.3. The van der Waals surface area contributed by atoms with Crippen molar-refractivity contribution in [3.63, 3.8) is 0 Å². The van der Waals surface area contributed by atoms with Crippen molar-refractivity contribution in [3.8, 4) is 10.6 Å². The molecule has 0 bridgehead atoms. The highest BCUT2D eigenvalue weighted by Gasteiger charge is 2.44. The molecule has 5 rings (SSSR count). The van der Waals surface area contributed by atoms with Crippen LogP contribution < -0.4 is 0 Å². The summed E-state index contributed by atoms with van der Waals surface area (Å²) in [5.41, 5.74) is 2.48. The summed E-state index contributed by atoms with van der Waals surface area (Å²) in [7, 11) is 0. The number of hydrogen-bond donors (Lipinski definition) is 0. The van der Waals surface area contributed by atoms with E-state index in [1.54, 1.807) is 11.3 Å². The minimum absolute atomic E-state index is 0.0218. The first-order valence-electron chi connectivity index (χ1n) is 10.4. The highest BCUT2D eigenvalue weighted by molar-refractivity contribution is 7.13. The van der Waals surface area contributed by atoms with Crippen molar-refractivity contribution in [1.82, 2.24) is 14.9 Å². The first-order valence-corrected chi connectivity index (χ1v) is 11.2. The molecular weight excluding hydrogens is 382 g/mol. The van der Waals surface area contributed by atoms with Gasteiger partial charge in [0.05, 0.1) is 10.6 Å². The van der Waals surface area contributed by atoms with Gasteiger partial charge >= 0.3 is 0 Å². The van der Waals surface area contributed by atoms with E-state index in [4.69, 9.17) is 9.40 Å². The average Bonchev–Trinajstić information content (AvgIpc) is 3.48. The standard InChI is InChI=1S/C23H25N3O2S/c1-16-24-14-17-9-11-23(22(17)25-16)10-3-12-26(15-23)21(27)8-6-18-5-7-19(28-18)20-4-2-13-29-20/h2,4-5,7,13-14H,3,6,8-12,15H2,1H3. The predicted molar refractivity (Wildman–Crippen MR) is 113 cm³/mol. The monoisotopic (exact) mass is 407 g/mol. The predicted octanol–water partition coefficient (Wildman–Crippen LogP) is 4.55. The van der Waals surface area contributed by atoms with Crippen molar-refractivity contribution < 1.29 is 9.21 Å². The normalized spacial score (nSPS) is 20.9. The van der Waals surface area contributed by atoms with E-state index in [2.05, 4.69) is 16.0 Å². The Bertz CT molecular complexity index is 1020. The van der Waals surface area contributed by atoms with Crippen LogP contribution in [0.4, 0.5) is 0 Å². The molecule has 1 unspecified atom stereocenters. The van der Waals surface area contributed by atoms with Crippen molar-refractivity contribution in [2.45, 2.75) is 50.9 Å². The van der Waals surface area contributed by atoms with Crippen LogP contribution in [0.5, 0.6) is 0 Å². The van der Waals surface area contributed by atoms with Crippen molar-refractivity contribution in [1.29, 1.82) is 0 Å². The molecule has 0 saturated carbocycles. The van der Waals surface area contributed by atoms with Gasteiger partial charge < -0.3 is 9.32 Å². The molecule has 4 heterocycles. The molecule has 29 heavy (non-hydrogen) atoms. The van der Waals surface area contributed by atoms with E-state index >= 15 is 0 Å². The van der Waals surface area contributed by atoms with Gasteiger partial charge in [-0.25, -0.2) is 9.97 Å². The number of amides is 1. The minimum atomic E-state index is 0.0218. The van der Waals surface area contributed by atoms with Gasteiger partial charge in [0.1, 0.15) is 17.3 Å². The third kappa shape index (κ3) is 3.50. The molecule has 0 aromatic carbocycles. The summed E-state index contributed by atoms with van der Waals surface area (Å²) in [6.45, 7) is 3.58. The van der Waals surface area contributed by atoms with E-state index in [1.807, 2.05) is 36.7 Å². The molecule has 0 radical (unpaired) electrons. The summed E-state index contributed by atoms with van der Waals surface area (Å²) >= 11 is 1.66. The number of nitrogens with zero attached hydrogens (tertiary/aromatic N) is 3. The SMILES string of the molecule is Cc1ncc2c(n1)C1(CCCN(C(=O)CCc3ccc(-c4cccs4)o3)C1)CC2. The average molecular weight is 408 g/mol. The molecular formula is C23H25N3O2S. The number of carbonyl (C=O) groups is 1. The number of piperidine rings is 1. The van der Waals surface area contributed by atoms with E-state index in [-0.39, 0.29) is 11.3 Å². The largest absolute Gasteiger partial charge is 0.460 e. The van der Waals surface area contributed by atoms with Crippen LogP contribution in [0.25, 0.3) is 10.6 Å². The van der Waals surface area contributed by atoms with Gasteiger partial charge in [0.25, 0.3) is 0 Å². The number of likely N-dealkylation sites (tertiary alicyclic amines) is 1. The topological polar surface area (TPSA) is 59.2 Å². The van der Waals surface area contributed by atoms with E-state index in [9.17, 15) is 4.79 Å². The summed E-state index contributed by atoms with van der Waals surface area (Å²) in [6.07, 6.45) is 7.37. The van der Waals surface area contributed by atoms with Gasteiger partial charge in [-0.3, -0.25) is 4.79 Å². The maximum atomic E-state index is 13.0. The van der Waals surface area contributed by atoms with Gasteiger partial charge in [0.2, 0.25) is 5.91 Å². The maximum absolute atomic E-state index is 13.0. The highest BCUT2D eigenvalue weighted by atomic mass is 32.1. The molecule has 1 aliphatic carbocycles. The molecule has 1 spiro atoms. The fourth-order valence-electron chi connectivity index (χ4n) is 4.82. The molecule has 6 heteroatoms. The lowest BCUT2D eigenvalue weighted by atomic mass is 9.77. The Morgan fingerprint density at radius 1 is 1.31 bits per heavy atom. The van der Waals surface area contributed by atoms with Crippen molar-refractivity contribution in [3.05, 3.63) is 58.7 Å². The summed E-state index contributed by atoms with van der Waals surface area (Å²) in [5, 5.41) is 2.04. The first kappa shape index (κ1) is 18.6. The van der Waals surface area contributed by atoms with Crippen LogP contribution in [0.1, 0.15) is 48.5 Å². The molecule has 150 valence electrons. The van der Waals surface area contributed by atoms with Gasteiger partial charge in [0.15, 0.2) is 0 Å². The van der Waals surface area contributed by atoms with Crippen LogP contribution in [0, 0.1) is 6.92 Å². The molecule has 1 aliphatic heterocycles. The van der Waals surface area contributed by atoms with Crippen molar-refractivity contribution >= 4 is 17.2 Å². The lowest BCUT2D eigenvalue weighted by Crippen LogP contribution is -2.48. The summed E-state index contributed by atoms with van der Waals surface area (Å²) in [5.74, 6) is 2.81.